The number of thiophene rings is 1. The summed E-state index contributed by atoms with van der Waals surface area (Å²) in [4.78, 5) is 14.1. The fraction of sp³-hybridized carbons (Fsp3) is 0.0769. The van der Waals surface area contributed by atoms with Gasteiger partial charge in [0.2, 0.25) is 0 Å². The van der Waals surface area contributed by atoms with Crippen molar-refractivity contribution in [1.82, 2.24) is 0 Å². The van der Waals surface area contributed by atoms with E-state index < -0.39 is 0 Å². The van der Waals surface area contributed by atoms with Crippen LogP contribution < -0.4 is 11.1 Å². The van der Waals surface area contributed by atoms with Crippen molar-refractivity contribution in [1.29, 1.82) is 0 Å². The Morgan fingerprint density at radius 3 is 2.68 bits per heavy atom. The Morgan fingerprint density at radius 2 is 2.11 bits per heavy atom. The molecule has 0 aliphatic rings. The molecule has 0 aliphatic carbocycles. The first-order valence-electron chi connectivity index (χ1n) is 5.44. The van der Waals surface area contributed by atoms with Gasteiger partial charge in [-0.3, -0.25) is 4.79 Å². The topological polar surface area (TPSA) is 55.1 Å². The van der Waals surface area contributed by atoms with Crippen LogP contribution in [0.2, 0.25) is 0 Å². The van der Waals surface area contributed by atoms with Crippen LogP contribution in [-0.4, -0.2) is 10.9 Å². The Morgan fingerprint density at radius 1 is 1.37 bits per heavy atom. The van der Waals surface area contributed by atoms with Gasteiger partial charge in [0.05, 0.1) is 10.6 Å². The number of anilines is 1. The molecule has 3 N–H and O–H groups in total. The molecule has 0 aliphatic heterocycles. The van der Waals surface area contributed by atoms with Crippen molar-refractivity contribution in [2.24, 2.45) is 5.73 Å². The molecule has 1 aromatic carbocycles. The van der Waals surface area contributed by atoms with Gasteiger partial charge in [0.1, 0.15) is 4.99 Å². The Bertz CT molecular complexity index is 652. The summed E-state index contributed by atoms with van der Waals surface area (Å²) in [5, 5.41) is 2.83. The number of carbonyl (C=O) groups is 1. The Hall–Kier alpha value is -1.24. The first-order chi connectivity index (χ1) is 8.97. The van der Waals surface area contributed by atoms with Crippen molar-refractivity contribution in [2.75, 3.05) is 5.32 Å². The number of nitrogens with one attached hydrogen (secondary N) is 1. The third-order valence-electron chi connectivity index (χ3n) is 2.46. The number of hydrogen-bond acceptors (Lipinski definition) is 3. The standard InChI is InChI=1S/C13H11BrN2OS2/c1-7-2-5-11(19-7)13(17)16-10-4-3-8(14)6-9(10)12(15)18/h2-6H,1H3,(H2,15,18)(H,16,17). The second kappa shape index (κ2) is 5.81. The van der Waals surface area contributed by atoms with Crippen LogP contribution >= 0.6 is 39.5 Å². The van der Waals surface area contributed by atoms with Crippen molar-refractivity contribution < 1.29 is 4.79 Å². The number of aryl methyl sites for hydroxylation is 1. The van der Waals surface area contributed by atoms with E-state index >= 15 is 0 Å². The van der Waals surface area contributed by atoms with Crippen LogP contribution in [0.4, 0.5) is 5.69 Å². The molecule has 19 heavy (non-hydrogen) atoms. The second-order valence-electron chi connectivity index (χ2n) is 3.92. The van der Waals surface area contributed by atoms with Gasteiger partial charge in [0, 0.05) is 14.9 Å². The lowest BCUT2D eigenvalue weighted by Gasteiger charge is -2.09. The van der Waals surface area contributed by atoms with Gasteiger partial charge in [-0.15, -0.1) is 11.3 Å². The number of carbonyl (C=O) groups excluding carboxylic acids is 1. The molecule has 3 nitrogen and oxygen atoms in total. The van der Waals surface area contributed by atoms with Gasteiger partial charge >= 0.3 is 0 Å². The van der Waals surface area contributed by atoms with Crippen LogP contribution in [0.1, 0.15) is 20.1 Å². The molecule has 0 saturated heterocycles. The Labute approximate surface area is 129 Å². The van der Waals surface area contributed by atoms with Crippen LogP contribution in [0, 0.1) is 6.92 Å². The predicted molar refractivity (Wildman–Crippen MR) is 87.0 cm³/mol. The maximum atomic E-state index is 12.1. The van der Waals surface area contributed by atoms with Gasteiger partial charge in [-0.1, -0.05) is 28.1 Å². The lowest BCUT2D eigenvalue weighted by Crippen LogP contribution is -2.17. The fourth-order valence-electron chi connectivity index (χ4n) is 1.57. The summed E-state index contributed by atoms with van der Waals surface area (Å²) >= 11 is 9.79. The minimum atomic E-state index is -0.155. The van der Waals surface area contributed by atoms with Crippen LogP contribution in [0.3, 0.4) is 0 Å². The molecule has 2 rings (SSSR count). The van der Waals surface area contributed by atoms with Gasteiger partial charge in [0.25, 0.3) is 5.91 Å². The summed E-state index contributed by atoms with van der Waals surface area (Å²) in [5.41, 5.74) is 6.93. The molecular formula is C13H11BrN2OS2. The van der Waals surface area contributed by atoms with E-state index in [4.69, 9.17) is 18.0 Å². The molecular weight excluding hydrogens is 344 g/mol. The van der Waals surface area contributed by atoms with Crippen molar-refractivity contribution in [3.05, 3.63) is 50.1 Å². The van der Waals surface area contributed by atoms with E-state index in [1.165, 1.54) is 11.3 Å². The van der Waals surface area contributed by atoms with Crippen molar-refractivity contribution >= 4 is 56.1 Å². The predicted octanol–water partition coefficient (Wildman–Crippen LogP) is 3.71. The molecule has 0 radical (unpaired) electrons. The van der Waals surface area contributed by atoms with Gasteiger partial charge in [-0.2, -0.15) is 0 Å². The van der Waals surface area contributed by atoms with Gasteiger partial charge in [-0.25, -0.2) is 0 Å². The normalized spacial score (nSPS) is 10.2. The van der Waals surface area contributed by atoms with E-state index in [1.54, 1.807) is 18.2 Å². The van der Waals surface area contributed by atoms with Crippen LogP contribution in [-0.2, 0) is 0 Å². The number of thiocarbonyl (C=S) groups is 1. The van der Waals surface area contributed by atoms with Gasteiger partial charge in [-0.05, 0) is 37.3 Å². The Balaban J connectivity index is 2.28. The van der Waals surface area contributed by atoms with E-state index in [2.05, 4.69) is 21.2 Å². The first kappa shape index (κ1) is 14.2. The molecule has 0 spiro atoms. The third-order valence-corrected chi connectivity index (χ3v) is 4.17. The number of halogens is 1. The van der Waals surface area contributed by atoms with Crippen LogP contribution in [0.15, 0.2) is 34.8 Å². The van der Waals surface area contributed by atoms with E-state index in [1.807, 2.05) is 19.1 Å². The monoisotopic (exact) mass is 354 g/mol. The maximum Gasteiger partial charge on any atom is 0.265 e. The number of rotatable bonds is 3. The van der Waals surface area contributed by atoms with Gasteiger partial charge in [0.15, 0.2) is 0 Å². The lowest BCUT2D eigenvalue weighted by atomic mass is 10.1. The lowest BCUT2D eigenvalue weighted by molar-refractivity contribution is 0.103. The van der Waals surface area contributed by atoms with Crippen LogP contribution in [0.5, 0.6) is 0 Å². The largest absolute Gasteiger partial charge is 0.389 e. The van der Waals surface area contributed by atoms with Crippen molar-refractivity contribution in [2.45, 2.75) is 6.92 Å². The highest BCUT2D eigenvalue weighted by Crippen LogP contribution is 2.23. The summed E-state index contributed by atoms with van der Waals surface area (Å²) in [6.07, 6.45) is 0. The number of amides is 1. The molecule has 98 valence electrons. The fourth-order valence-corrected chi connectivity index (χ4v) is 2.86. The maximum absolute atomic E-state index is 12.1. The number of benzene rings is 1. The second-order valence-corrected chi connectivity index (χ2v) is 6.56. The summed E-state index contributed by atoms with van der Waals surface area (Å²) in [6.45, 7) is 1.96. The minimum absolute atomic E-state index is 0.155. The van der Waals surface area contributed by atoms with E-state index in [0.717, 1.165) is 9.35 Å². The van der Waals surface area contributed by atoms with Crippen molar-refractivity contribution in [3.63, 3.8) is 0 Å². The van der Waals surface area contributed by atoms with E-state index in [0.29, 0.717) is 16.1 Å². The van der Waals surface area contributed by atoms with Crippen LogP contribution in [0.25, 0.3) is 0 Å². The van der Waals surface area contributed by atoms with E-state index in [9.17, 15) is 4.79 Å². The summed E-state index contributed by atoms with van der Waals surface area (Å²) in [5.74, 6) is -0.155. The number of nitrogens with two attached hydrogens (primary N) is 1. The highest BCUT2D eigenvalue weighted by molar-refractivity contribution is 9.10. The summed E-state index contributed by atoms with van der Waals surface area (Å²) < 4.78 is 0.861. The zero-order valence-corrected chi connectivity index (χ0v) is 13.3. The number of hydrogen-bond donors (Lipinski definition) is 2. The smallest absolute Gasteiger partial charge is 0.265 e. The summed E-state index contributed by atoms with van der Waals surface area (Å²) in [6, 6.07) is 9.11. The molecule has 0 fully saturated rings. The average Bonchev–Trinajstić information content (AvgIpc) is 2.78. The SMILES string of the molecule is Cc1ccc(C(=O)Nc2ccc(Br)cc2C(N)=S)s1. The molecule has 0 atom stereocenters. The molecule has 1 amide bonds. The minimum Gasteiger partial charge on any atom is -0.389 e. The zero-order valence-electron chi connectivity index (χ0n) is 10.1. The Kier molecular flexibility index (Phi) is 4.34. The quantitative estimate of drug-likeness (QED) is 0.826. The zero-order chi connectivity index (χ0) is 14.0. The first-order valence-corrected chi connectivity index (χ1v) is 7.46. The third kappa shape index (κ3) is 3.40. The molecule has 1 heterocycles. The molecule has 6 heteroatoms. The van der Waals surface area contributed by atoms with E-state index in [-0.39, 0.29) is 10.9 Å². The highest BCUT2D eigenvalue weighted by Gasteiger charge is 2.12. The molecule has 0 saturated carbocycles. The van der Waals surface area contributed by atoms with Crippen molar-refractivity contribution in [3.8, 4) is 0 Å². The average molecular weight is 355 g/mol. The highest BCUT2D eigenvalue weighted by atomic mass is 79.9. The summed E-state index contributed by atoms with van der Waals surface area (Å²) in [7, 11) is 0. The molecule has 0 unspecified atom stereocenters. The molecule has 2 aromatic rings. The molecule has 0 bridgehead atoms. The molecule has 1 aromatic heterocycles. The van der Waals surface area contributed by atoms with Gasteiger partial charge < -0.3 is 11.1 Å².